The van der Waals surface area contributed by atoms with Crippen molar-refractivity contribution in [3.8, 4) is 5.75 Å². The Kier molecular flexibility index (Phi) is 8.00. The van der Waals surface area contributed by atoms with Crippen molar-refractivity contribution in [3.05, 3.63) is 35.2 Å². The lowest BCUT2D eigenvalue weighted by atomic mass is 10.1. The summed E-state index contributed by atoms with van der Waals surface area (Å²) < 4.78 is 26.0. The minimum absolute atomic E-state index is 0.0399. The molecule has 0 fully saturated rings. The van der Waals surface area contributed by atoms with Gasteiger partial charge in [-0.1, -0.05) is 6.08 Å². The number of phosphoric ester groups is 1. The Hall–Kier alpha value is -1.91. The number of hydrogen-bond donors (Lipinski definition) is 6. The number of aryl methyl sites for hydroxylation is 1. The Balaban J connectivity index is 3.14. The van der Waals surface area contributed by atoms with Gasteiger partial charge < -0.3 is 29.8 Å². The number of aromatic hydroxyl groups is 1. The molecule has 0 bridgehead atoms. The summed E-state index contributed by atoms with van der Waals surface area (Å²) in [6, 6.07) is 0. The van der Waals surface area contributed by atoms with Gasteiger partial charge in [0.15, 0.2) is 0 Å². The number of carbonyl (C=O) groups is 1. The number of hydrogen-bond acceptors (Lipinski definition) is 7. The summed E-state index contributed by atoms with van der Waals surface area (Å²) in [7, 11) is -9.14. The standard InChI is InChI=1S/C13H18N2O10P2/c1-8-12(16)10(9(5-14-8)7-25-27(22,23)24)6-15-11(13(17)18)3-2-4-26(19,20)21/h2-3,5,16H,4,6-7H2,1H3,(H,17,18)(H2,19,20,21)(H2,22,23,24)/b3-2+,15-11?. The number of allylic oxidation sites excluding steroid dienone is 1. The molecule has 0 aliphatic rings. The number of nitrogens with zero attached hydrogens (tertiary/aromatic N) is 2. The number of carboxylic acid groups (broad SMARTS) is 1. The molecule has 1 heterocycles. The molecule has 1 aromatic heterocycles. The van der Waals surface area contributed by atoms with Gasteiger partial charge in [0.1, 0.15) is 11.5 Å². The molecule has 0 amide bonds. The maximum atomic E-state index is 11.2. The molecule has 27 heavy (non-hydrogen) atoms. The van der Waals surface area contributed by atoms with Gasteiger partial charge in [0.25, 0.3) is 0 Å². The smallest absolute Gasteiger partial charge is 0.469 e. The van der Waals surface area contributed by atoms with Crippen LogP contribution >= 0.6 is 15.4 Å². The van der Waals surface area contributed by atoms with Gasteiger partial charge in [-0.25, -0.2) is 9.36 Å². The Morgan fingerprint density at radius 1 is 1.30 bits per heavy atom. The van der Waals surface area contributed by atoms with E-state index in [0.29, 0.717) is 0 Å². The first-order valence-electron chi connectivity index (χ1n) is 7.15. The van der Waals surface area contributed by atoms with Crippen LogP contribution in [0.1, 0.15) is 16.8 Å². The molecule has 12 nitrogen and oxygen atoms in total. The molecule has 14 heteroatoms. The summed E-state index contributed by atoms with van der Waals surface area (Å²) in [5, 5.41) is 19.2. The lowest BCUT2D eigenvalue weighted by Crippen LogP contribution is -2.11. The summed E-state index contributed by atoms with van der Waals surface area (Å²) >= 11 is 0. The average molecular weight is 424 g/mol. The van der Waals surface area contributed by atoms with Gasteiger partial charge in [0, 0.05) is 17.3 Å². The second-order valence-corrected chi connectivity index (χ2v) is 8.15. The fourth-order valence-electron chi connectivity index (χ4n) is 1.80. The quantitative estimate of drug-likeness (QED) is 0.237. The molecular weight excluding hydrogens is 406 g/mol. The molecule has 0 radical (unpaired) electrons. The van der Waals surface area contributed by atoms with Gasteiger partial charge in [0.05, 0.1) is 25.0 Å². The van der Waals surface area contributed by atoms with Crippen LogP contribution < -0.4 is 0 Å². The zero-order chi connectivity index (χ0) is 20.8. The number of aliphatic carboxylic acids is 1. The van der Waals surface area contributed by atoms with Crippen molar-refractivity contribution >= 4 is 27.1 Å². The second-order valence-electron chi connectivity index (χ2n) is 5.22. The lowest BCUT2D eigenvalue weighted by molar-refractivity contribution is -0.129. The zero-order valence-corrected chi connectivity index (χ0v) is 15.7. The van der Waals surface area contributed by atoms with Crippen molar-refractivity contribution in [1.29, 1.82) is 0 Å². The van der Waals surface area contributed by atoms with Gasteiger partial charge in [-0.05, 0) is 13.0 Å². The predicted octanol–water partition coefficient (Wildman–Crippen LogP) is 0.464. The van der Waals surface area contributed by atoms with E-state index in [2.05, 4.69) is 14.5 Å². The molecule has 0 saturated carbocycles. The van der Waals surface area contributed by atoms with Gasteiger partial charge in [0.2, 0.25) is 0 Å². The van der Waals surface area contributed by atoms with E-state index < -0.39 is 46.4 Å². The van der Waals surface area contributed by atoms with E-state index in [1.165, 1.54) is 13.1 Å². The van der Waals surface area contributed by atoms with E-state index in [0.717, 1.165) is 12.2 Å². The highest BCUT2D eigenvalue weighted by molar-refractivity contribution is 7.51. The minimum atomic E-state index is -4.79. The molecular formula is C13H18N2O10P2. The highest BCUT2D eigenvalue weighted by Gasteiger charge is 2.18. The third-order valence-electron chi connectivity index (χ3n) is 3.06. The monoisotopic (exact) mass is 424 g/mol. The highest BCUT2D eigenvalue weighted by Crippen LogP contribution is 2.38. The summed E-state index contributed by atoms with van der Waals surface area (Å²) in [5.74, 6) is -1.83. The largest absolute Gasteiger partial charge is 0.506 e. The topological polar surface area (TPSA) is 207 Å². The second kappa shape index (κ2) is 9.34. The molecule has 0 spiro atoms. The molecule has 0 unspecified atom stereocenters. The number of aliphatic imine (C=N–C) groups is 1. The molecule has 6 N–H and O–H groups in total. The summed E-state index contributed by atoms with van der Waals surface area (Å²) in [5.41, 5.74) is -0.250. The Morgan fingerprint density at radius 2 is 1.93 bits per heavy atom. The van der Waals surface area contributed by atoms with Crippen LogP contribution in [0.3, 0.4) is 0 Å². The molecule has 0 aliphatic heterocycles. The molecule has 150 valence electrons. The Morgan fingerprint density at radius 3 is 2.44 bits per heavy atom. The summed E-state index contributed by atoms with van der Waals surface area (Å²) in [6.45, 7) is 0.442. The maximum absolute atomic E-state index is 11.2. The third kappa shape index (κ3) is 8.55. The van der Waals surface area contributed by atoms with Crippen LogP contribution in [-0.4, -0.2) is 52.6 Å². The number of carboxylic acids is 1. The van der Waals surface area contributed by atoms with Gasteiger partial charge in [-0.3, -0.25) is 19.1 Å². The third-order valence-corrected chi connectivity index (χ3v) is 4.22. The Labute approximate surface area is 153 Å². The fourth-order valence-corrected chi connectivity index (χ4v) is 2.48. The van der Waals surface area contributed by atoms with Gasteiger partial charge in [-0.15, -0.1) is 0 Å². The molecule has 0 aliphatic carbocycles. The van der Waals surface area contributed by atoms with Crippen molar-refractivity contribution in [2.24, 2.45) is 4.99 Å². The van der Waals surface area contributed by atoms with E-state index in [-0.39, 0.29) is 22.6 Å². The van der Waals surface area contributed by atoms with Crippen LogP contribution in [0, 0.1) is 6.92 Å². The first kappa shape index (κ1) is 23.1. The van der Waals surface area contributed by atoms with Crippen LogP contribution in [0.4, 0.5) is 0 Å². The first-order valence-corrected chi connectivity index (χ1v) is 10.5. The molecule has 1 rings (SSSR count). The van der Waals surface area contributed by atoms with Crippen LogP contribution in [0.15, 0.2) is 23.3 Å². The normalized spacial score (nSPS) is 13.3. The Bertz CT molecular complexity index is 855. The molecule has 0 aromatic carbocycles. The number of pyridine rings is 1. The maximum Gasteiger partial charge on any atom is 0.469 e. The highest BCUT2D eigenvalue weighted by atomic mass is 31.2. The van der Waals surface area contributed by atoms with E-state index in [1.54, 1.807) is 0 Å². The van der Waals surface area contributed by atoms with Crippen LogP contribution in [0.5, 0.6) is 5.75 Å². The number of phosphoric acid groups is 1. The number of rotatable bonds is 9. The van der Waals surface area contributed by atoms with Crippen molar-refractivity contribution in [2.45, 2.75) is 20.1 Å². The van der Waals surface area contributed by atoms with Crippen molar-refractivity contribution in [1.82, 2.24) is 4.98 Å². The molecule has 1 aromatic rings. The minimum Gasteiger partial charge on any atom is -0.506 e. The van der Waals surface area contributed by atoms with E-state index >= 15 is 0 Å². The van der Waals surface area contributed by atoms with Crippen LogP contribution in [0.25, 0.3) is 0 Å². The zero-order valence-electron chi connectivity index (χ0n) is 14.0. The SMILES string of the molecule is Cc1ncc(COP(=O)(O)O)c(CN=C(/C=C/CP(=O)(O)O)C(=O)O)c1O. The van der Waals surface area contributed by atoms with Crippen molar-refractivity contribution in [2.75, 3.05) is 6.16 Å². The van der Waals surface area contributed by atoms with E-state index in [1.807, 2.05) is 0 Å². The van der Waals surface area contributed by atoms with Crippen molar-refractivity contribution in [3.63, 3.8) is 0 Å². The number of aromatic nitrogens is 1. The van der Waals surface area contributed by atoms with E-state index in [9.17, 15) is 19.0 Å². The van der Waals surface area contributed by atoms with Gasteiger partial charge >= 0.3 is 21.4 Å². The van der Waals surface area contributed by atoms with Crippen LogP contribution in [-0.2, 0) is 31.6 Å². The van der Waals surface area contributed by atoms with Gasteiger partial charge in [-0.2, -0.15) is 0 Å². The van der Waals surface area contributed by atoms with Crippen LogP contribution in [0.2, 0.25) is 0 Å². The summed E-state index contributed by atoms with van der Waals surface area (Å²) in [6.07, 6.45) is 2.36. The predicted molar refractivity (Wildman–Crippen MR) is 92.3 cm³/mol. The average Bonchev–Trinajstić information content (AvgIpc) is 2.50. The van der Waals surface area contributed by atoms with Crippen molar-refractivity contribution < 1.29 is 48.2 Å². The fraction of sp³-hybridized carbons (Fsp3) is 0.308. The molecule has 0 saturated heterocycles. The molecule has 0 atom stereocenters. The van der Waals surface area contributed by atoms with E-state index in [4.69, 9.17) is 24.7 Å². The first-order chi connectivity index (χ1) is 12.3. The summed E-state index contributed by atoms with van der Waals surface area (Å²) in [4.78, 5) is 53.9. The lowest BCUT2D eigenvalue weighted by Gasteiger charge is -2.12.